The highest BCUT2D eigenvalue weighted by Gasteiger charge is 2.27. The Hall–Kier alpha value is -2.90. The van der Waals surface area contributed by atoms with Crippen LogP contribution >= 0.6 is 0 Å². The molecule has 5 atom stereocenters. The topological polar surface area (TPSA) is 12.0 Å². The van der Waals surface area contributed by atoms with E-state index in [4.69, 9.17) is 0 Å². The SMILES string of the molecule is CCCC/C=C(\CC)C1=CC=C(/C(CCC(C)/C(C)=C/C=C(\CNC2CC=CCC2)C2=CC(C3=CCCCC3)=CC(C3C=CCCC3)C2)=C2\CCCC(C)C2)CC1. The van der Waals surface area contributed by atoms with Crippen LogP contribution in [-0.4, -0.2) is 12.6 Å². The van der Waals surface area contributed by atoms with Crippen molar-refractivity contribution in [2.45, 2.75) is 188 Å². The molecule has 0 spiro atoms. The van der Waals surface area contributed by atoms with Crippen LogP contribution in [-0.2, 0) is 0 Å². The van der Waals surface area contributed by atoms with Gasteiger partial charge >= 0.3 is 0 Å². The third-order valence-electron chi connectivity index (χ3n) is 14.6. The average molecular weight is 768 g/mol. The summed E-state index contributed by atoms with van der Waals surface area (Å²) in [6.07, 6.45) is 59.4. The molecule has 6 aliphatic carbocycles. The Balaban J connectivity index is 1.23. The van der Waals surface area contributed by atoms with Crippen LogP contribution in [0.1, 0.15) is 182 Å². The first-order chi connectivity index (χ1) is 27.9. The van der Waals surface area contributed by atoms with Crippen LogP contribution in [0.4, 0.5) is 0 Å². The summed E-state index contributed by atoms with van der Waals surface area (Å²) in [5, 5.41) is 4.05. The fourth-order valence-corrected chi connectivity index (χ4v) is 10.6. The van der Waals surface area contributed by atoms with E-state index in [-0.39, 0.29) is 0 Å². The number of rotatable bonds is 17. The lowest BCUT2D eigenvalue weighted by molar-refractivity contribution is 0.413. The van der Waals surface area contributed by atoms with Gasteiger partial charge in [-0.3, -0.25) is 0 Å². The molecule has 6 aliphatic rings. The third-order valence-corrected chi connectivity index (χ3v) is 14.6. The molecular formula is C56H81N. The van der Waals surface area contributed by atoms with Crippen LogP contribution in [0.15, 0.2) is 129 Å². The zero-order valence-corrected chi connectivity index (χ0v) is 37.3. The van der Waals surface area contributed by atoms with Crippen molar-refractivity contribution < 1.29 is 0 Å². The van der Waals surface area contributed by atoms with E-state index in [1.807, 2.05) is 0 Å². The van der Waals surface area contributed by atoms with Crippen LogP contribution < -0.4 is 5.32 Å². The first kappa shape index (κ1) is 43.7. The van der Waals surface area contributed by atoms with E-state index >= 15 is 0 Å². The lowest BCUT2D eigenvalue weighted by Crippen LogP contribution is -2.32. The predicted octanol–water partition coefficient (Wildman–Crippen LogP) is 16.4. The summed E-state index contributed by atoms with van der Waals surface area (Å²) in [5.41, 5.74) is 16.1. The lowest BCUT2D eigenvalue weighted by atomic mass is 9.74. The maximum atomic E-state index is 4.05. The van der Waals surface area contributed by atoms with E-state index in [1.165, 1.54) is 152 Å². The Morgan fingerprint density at radius 3 is 2.42 bits per heavy atom. The van der Waals surface area contributed by atoms with Crippen LogP contribution in [0.2, 0.25) is 0 Å². The summed E-state index contributed by atoms with van der Waals surface area (Å²) >= 11 is 0. The largest absolute Gasteiger partial charge is 0.310 e. The van der Waals surface area contributed by atoms with E-state index in [0.717, 1.165) is 25.3 Å². The molecule has 1 nitrogen and oxygen atoms in total. The van der Waals surface area contributed by atoms with Gasteiger partial charge in [-0.2, -0.15) is 0 Å². The van der Waals surface area contributed by atoms with Crippen molar-refractivity contribution in [1.82, 2.24) is 5.32 Å². The molecule has 0 aromatic rings. The average Bonchev–Trinajstić information content (AvgIpc) is 3.26. The summed E-state index contributed by atoms with van der Waals surface area (Å²) in [7, 11) is 0. The smallest absolute Gasteiger partial charge is 0.0210 e. The van der Waals surface area contributed by atoms with Gasteiger partial charge in [-0.05, 0) is 204 Å². The normalized spacial score (nSPS) is 27.9. The molecule has 1 saturated carbocycles. The zero-order chi connectivity index (χ0) is 39.8. The Kier molecular flexibility index (Phi) is 17.7. The van der Waals surface area contributed by atoms with E-state index in [0.29, 0.717) is 23.8 Å². The van der Waals surface area contributed by atoms with Gasteiger partial charge in [0.25, 0.3) is 0 Å². The predicted molar refractivity (Wildman–Crippen MR) is 250 cm³/mol. The Labute approximate surface area is 351 Å². The fourth-order valence-electron chi connectivity index (χ4n) is 10.6. The van der Waals surface area contributed by atoms with E-state index in [1.54, 1.807) is 39.0 Å². The Bertz CT molecular complexity index is 1680. The number of unbranched alkanes of at least 4 members (excludes halogenated alkanes) is 2. The van der Waals surface area contributed by atoms with Gasteiger partial charge in [0.05, 0.1) is 0 Å². The molecule has 0 radical (unpaired) electrons. The van der Waals surface area contributed by atoms with Crippen molar-refractivity contribution in [3.8, 4) is 0 Å². The summed E-state index contributed by atoms with van der Waals surface area (Å²) in [6.45, 7) is 13.0. The van der Waals surface area contributed by atoms with Crippen molar-refractivity contribution in [2.24, 2.45) is 23.7 Å². The molecule has 1 heteroatoms. The van der Waals surface area contributed by atoms with Crippen molar-refractivity contribution in [1.29, 1.82) is 0 Å². The molecule has 0 heterocycles. The molecule has 0 aromatic heterocycles. The van der Waals surface area contributed by atoms with Gasteiger partial charge in [0, 0.05) is 12.6 Å². The molecule has 57 heavy (non-hydrogen) atoms. The highest BCUT2D eigenvalue weighted by molar-refractivity contribution is 5.51. The molecule has 0 amide bonds. The van der Waals surface area contributed by atoms with Gasteiger partial charge in [-0.25, -0.2) is 0 Å². The van der Waals surface area contributed by atoms with Gasteiger partial charge in [0.2, 0.25) is 0 Å². The molecule has 0 aromatic carbocycles. The highest BCUT2D eigenvalue weighted by Crippen LogP contribution is 2.41. The van der Waals surface area contributed by atoms with Gasteiger partial charge in [0.1, 0.15) is 0 Å². The number of allylic oxidation sites excluding steroid dienone is 19. The summed E-state index contributed by atoms with van der Waals surface area (Å²) in [6, 6.07) is 0.583. The van der Waals surface area contributed by atoms with Crippen molar-refractivity contribution in [3.63, 3.8) is 0 Å². The molecule has 0 saturated heterocycles. The molecule has 310 valence electrons. The van der Waals surface area contributed by atoms with Crippen LogP contribution in [0.3, 0.4) is 0 Å². The molecular weight excluding hydrogens is 687 g/mol. The number of hydrogen-bond donors (Lipinski definition) is 1. The van der Waals surface area contributed by atoms with Crippen LogP contribution in [0.25, 0.3) is 0 Å². The van der Waals surface area contributed by atoms with Gasteiger partial charge < -0.3 is 5.32 Å². The van der Waals surface area contributed by atoms with E-state index < -0.39 is 0 Å². The van der Waals surface area contributed by atoms with Crippen molar-refractivity contribution >= 4 is 0 Å². The second kappa shape index (κ2) is 23.0. The van der Waals surface area contributed by atoms with Crippen molar-refractivity contribution in [2.75, 3.05) is 6.54 Å². The quantitative estimate of drug-likeness (QED) is 0.0883. The highest BCUT2D eigenvalue weighted by atomic mass is 14.9. The standard InChI is InChI=1S/C56H81N/c1-6-8-12-21-45(7-2)48-32-34-49(35-33-48)56(50-26-19-20-42(3)37-50)36-30-44(5)43(4)29-31-51(41-57-55-27-17-11-18-28-55)54-39-52(46-22-13-9-14-23-46)38-53(40-54)47-24-15-10-16-25-47/h11,13,17,21-22,24,29,31-32,34,38,40,42,44,46,52,55,57H,6-10,12,14-16,18-20,23,25-28,30,33,35-37,39,41H2,1-5H3/b43-29+,45-21+,51-31+,56-50+. The minimum absolute atomic E-state index is 0.558. The van der Waals surface area contributed by atoms with Crippen LogP contribution in [0, 0.1) is 23.7 Å². The third kappa shape index (κ3) is 13.0. The van der Waals surface area contributed by atoms with E-state index in [2.05, 4.69) is 113 Å². The Morgan fingerprint density at radius 2 is 1.70 bits per heavy atom. The summed E-state index contributed by atoms with van der Waals surface area (Å²) in [4.78, 5) is 0. The summed E-state index contributed by atoms with van der Waals surface area (Å²) in [5.74, 6) is 2.65. The second-order valence-corrected chi connectivity index (χ2v) is 19.0. The van der Waals surface area contributed by atoms with Crippen LogP contribution in [0.5, 0.6) is 0 Å². The maximum absolute atomic E-state index is 4.05. The number of nitrogens with one attached hydrogen (secondary N) is 1. The minimum atomic E-state index is 0.558. The zero-order valence-electron chi connectivity index (χ0n) is 37.3. The first-order valence-corrected chi connectivity index (χ1v) is 24.3. The monoisotopic (exact) mass is 768 g/mol. The summed E-state index contributed by atoms with van der Waals surface area (Å²) < 4.78 is 0. The molecule has 6 rings (SSSR count). The Morgan fingerprint density at radius 1 is 0.825 bits per heavy atom. The maximum Gasteiger partial charge on any atom is 0.0210 e. The molecule has 0 aliphatic heterocycles. The molecule has 0 bridgehead atoms. The fraction of sp³-hybridized carbons (Fsp3) is 0.607. The number of hydrogen-bond acceptors (Lipinski definition) is 1. The van der Waals surface area contributed by atoms with Crippen molar-refractivity contribution in [3.05, 3.63) is 129 Å². The minimum Gasteiger partial charge on any atom is -0.310 e. The van der Waals surface area contributed by atoms with E-state index in [9.17, 15) is 0 Å². The van der Waals surface area contributed by atoms with Gasteiger partial charge in [-0.15, -0.1) is 0 Å². The second-order valence-electron chi connectivity index (χ2n) is 19.0. The molecule has 1 N–H and O–H groups in total. The molecule has 1 fully saturated rings. The van der Waals surface area contributed by atoms with Gasteiger partial charge in [0.15, 0.2) is 0 Å². The first-order valence-electron chi connectivity index (χ1n) is 24.3. The molecule has 5 unspecified atom stereocenters. The lowest BCUT2D eigenvalue weighted by Gasteiger charge is -2.31. The van der Waals surface area contributed by atoms with Gasteiger partial charge in [-0.1, -0.05) is 131 Å².